The molecular weight excluding hydrogens is 232 g/mol. The van der Waals surface area contributed by atoms with E-state index in [1.807, 2.05) is 6.92 Å². The fourth-order valence-electron chi connectivity index (χ4n) is 1.96. The van der Waals surface area contributed by atoms with Crippen molar-refractivity contribution in [3.05, 3.63) is 29.6 Å². The van der Waals surface area contributed by atoms with Crippen LogP contribution in [0.5, 0.6) is 0 Å². The van der Waals surface area contributed by atoms with Crippen molar-refractivity contribution >= 4 is 11.8 Å². The van der Waals surface area contributed by atoms with Gasteiger partial charge in [-0.1, -0.05) is 0 Å². The maximum Gasteiger partial charge on any atom is 0.256 e. The number of rotatable bonds is 2. The van der Waals surface area contributed by atoms with E-state index < -0.39 is 11.9 Å². The van der Waals surface area contributed by atoms with Crippen LogP contribution < -0.4 is 11.1 Å². The van der Waals surface area contributed by atoms with E-state index in [4.69, 9.17) is 5.73 Å². The number of pyridine rings is 1. The van der Waals surface area contributed by atoms with Crippen LogP contribution in [-0.2, 0) is 4.79 Å². The van der Waals surface area contributed by atoms with Gasteiger partial charge in [-0.25, -0.2) is 0 Å². The number of aryl methyl sites for hydroxylation is 1. The fraction of sp³-hybridized carbons (Fsp3) is 0.417. The number of amides is 2. The minimum absolute atomic E-state index is 0.201. The van der Waals surface area contributed by atoms with Gasteiger partial charge in [0.15, 0.2) is 0 Å². The Hall–Kier alpha value is -1.95. The zero-order valence-corrected chi connectivity index (χ0v) is 10.2. The summed E-state index contributed by atoms with van der Waals surface area (Å²) < 4.78 is 0. The van der Waals surface area contributed by atoms with Crippen molar-refractivity contribution in [3.8, 4) is 0 Å². The number of nitrogens with zero attached hydrogens (tertiary/aromatic N) is 2. The average Bonchev–Trinajstić information content (AvgIpc) is 2.39. The van der Waals surface area contributed by atoms with Crippen molar-refractivity contribution in [1.82, 2.24) is 15.2 Å². The van der Waals surface area contributed by atoms with E-state index in [2.05, 4.69) is 10.3 Å². The fourth-order valence-corrected chi connectivity index (χ4v) is 1.96. The van der Waals surface area contributed by atoms with Crippen LogP contribution in [0.4, 0.5) is 0 Å². The third kappa shape index (κ3) is 2.48. The predicted molar refractivity (Wildman–Crippen MR) is 65.9 cm³/mol. The first-order chi connectivity index (χ1) is 8.59. The molecule has 1 aromatic heterocycles. The summed E-state index contributed by atoms with van der Waals surface area (Å²) in [6.45, 7) is 3.39. The van der Waals surface area contributed by atoms with Crippen LogP contribution >= 0.6 is 0 Å². The summed E-state index contributed by atoms with van der Waals surface area (Å²) in [6, 6.07) is 2.90. The lowest BCUT2D eigenvalue weighted by Gasteiger charge is -2.34. The van der Waals surface area contributed by atoms with E-state index in [9.17, 15) is 9.59 Å². The van der Waals surface area contributed by atoms with Gasteiger partial charge in [0, 0.05) is 31.5 Å². The van der Waals surface area contributed by atoms with Crippen LogP contribution in [0.2, 0.25) is 0 Å². The molecule has 0 bridgehead atoms. The standard InChI is InChI=1S/C12H16N4O2/c1-8-2-3-9(6-15-8)12(18)16-5-4-14-7-10(16)11(13)17/h2-3,6,10,14H,4-5,7H2,1H3,(H2,13,17). The zero-order chi connectivity index (χ0) is 13.1. The van der Waals surface area contributed by atoms with E-state index >= 15 is 0 Å². The summed E-state index contributed by atoms with van der Waals surface area (Å²) in [5, 5.41) is 3.05. The van der Waals surface area contributed by atoms with E-state index in [0.717, 1.165) is 5.69 Å². The molecule has 1 aromatic rings. The first kappa shape index (κ1) is 12.5. The van der Waals surface area contributed by atoms with Gasteiger partial charge in [0.05, 0.1) is 5.56 Å². The van der Waals surface area contributed by atoms with Gasteiger partial charge in [-0.3, -0.25) is 14.6 Å². The molecule has 2 amide bonds. The molecule has 6 nitrogen and oxygen atoms in total. The number of aromatic nitrogens is 1. The van der Waals surface area contributed by atoms with Crippen LogP contribution in [-0.4, -0.2) is 47.4 Å². The normalized spacial score (nSPS) is 19.6. The summed E-state index contributed by atoms with van der Waals surface area (Å²) in [4.78, 5) is 29.2. The number of carbonyl (C=O) groups excluding carboxylic acids is 2. The van der Waals surface area contributed by atoms with Gasteiger partial charge in [0.25, 0.3) is 5.91 Å². The summed E-state index contributed by atoms with van der Waals surface area (Å²) in [6.07, 6.45) is 1.53. The minimum Gasteiger partial charge on any atom is -0.368 e. The lowest BCUT2D eigenvalue weighted by atomic mass is 10.1. The molecule has 1 unspecified atom stereocenters. The van der Waals surface area contributed by atoms with Gasteiger partial charge in [0.1, 0.15) is 6.04 Å². The molecule has 0 saturated carbocycles. The van der Waals surface area contributed by atoms with Gasteiger partial charge in [-0.05, 0) is 19.1 Å². The molecule has 2 heterocycles. The number of nitrogens with two attached hydrogens (primary N) is 1. The van der Waals surface area contributed by atoms with E-state index in [-0.39, 0.29) is 5.91 Å². The average molecular weight is 248 g/mol. The SMILES string of the molecule is Cc1ccc(C(=O)N2CCNCC2C(N)=O)cn1. The Morgan fingerprint density at radius 1 is 1.50 bits per heavy atom. The first-order valence-electron chi connectivity index (χ1n) is 5.83. The molecule has 0 aliphatic carbocycles. The molecule has 1 aliphatic heterocycles. The monoisotopic (exact) mass is 248 g/mol. The summed E-state index contributed by atoms with van der Waals surface area (Å²) in [7, 11) is 0. The third-order valence-electron chi connectivity index (χ3n) is 2.99. The molecule has 6 heteroatoms. The topological polar surface area (TPSA) is 88.3 Å². The van der Waals surface area contributed by atoms with Crippen molar-refractivity contribution in [1.29, 1.82) is 0 Å². The highest BCUT2D eigenvalue weighted by Gasteiger charge is 2.31. The lowest BCUT2D eigenvalue weighted by molar-refractivity contribution is -0.122. The molecule has 2 rings (SSSR count). The van der Waals surface area contributed by atoms with Crippen LogP contribution in [0.15, 0.2) is 18.3 Å². The van der Waals surface area contributed by atoms with Crippen LogP contribution in [0.1, 0.15) is 16.1 Å². The van der Waals surface area contributed by atoms with Gasteiger partial charge in [0.2, 0.25) is 5.91 Å². The van der Waals surface area contributed by atoms with Gasteiger partial charge in [-0.2, -0.15) is 0 Å². The molecule has 96 valence electrons. The Morgan fingerprint density at radius 3 is 2.89 bits per heavy atom. The Labute approximate surface area is 105 Å². The molecular formula is C12H16N4O2. The second-order valence-corrected chi connectivity index (χ2v) is 4.31. The largest absolute Gasteiger partial charge is 0.368 e. The van der Waals surface area contributed by atoms with Gasteiger partial charge < -0.3 is 16.0 Å². The van der Waals surface area contributed by atoms with Crippen LogP contribution in [0, 0.1) is 6.92 Å². The summed E-state index contributed by atoms with van der Waals surface area (Å²) in [5.74, 6) is -0.691. The number of hydrogen-bond donors (Lipinski definition) is 2. The predicted octanol–water partition coefficient (Wildman–Crippen LogP) is -0.711. The molecule has 1 saturated heterocycles. The molecule has 0 radical (unpaired) electrons. The third-order valence-corrected chi connectivity index (χ3v) is 2.99. The Bertz CT molecular complexity index is 458. The molecule has 1 fully saturated rings. The second-order valence-electron chi connectivity index (χ2n) is 4.31. The quantitative estimate of drug-likeness (QED) is 0.723. The number of carbonyl (C=O) groups is 2. The van der Waals surface area contributed by atoms with Crippen molar-refractivity contribution in [3.63, 3.8) is 0 Å². The molecule has 0 aromatic carbocycles. The van der Waals surface area contributed by atoms with Crippen molar-refractivity contribution in [2.24, 2.45) is 5.73 Å². The second kappa shape index (κ2) is 5.14. The molecule has 1 aliphatic rings. The van der Waals surface area contributed by atoms with Crippen molar-refractivity contribution in [2.45, 2.75) is 13.0 Å². The Kier molecular flexibility index (Phi) is 3.57. The minimum atomic E-state index is -0.590. The highest BCUT2D eigenvalue weighted by Crippen LogP contribution is 2.10. The Balaban J connectivity index is 2.20. The highest BCUT2D eigenvalue weighted by atomic mass is 16.2. The lowest BCUT2D eigenvalue weighted by Crippen LogP contribution is -2.58. The van der Waals surface area contributed by atoms with Crippen LogP contribution in [0.25, 0.3) is 0 Å². The van der Waals surface area contributed by atoms with Crippen LogP contribution in [0.3, 0.4) is 0 Å². The van der Waals surface area contributed by atoms with E-state index in [1.54, 1.807) is 12.1 Å². The molecule has 18 heavy (non-hydrogen) atoms. The van der Waals surface area contributed by atoms with Gasteiger partial charge >= 0.3 is 0 Å². The van der Waals surface area contributed by atoms with E-state index in [0.29, 0.717) is 25.2 Å². The Morgan fingerprint density at radius 2 is 2.28 bits per heavy atom. The number of piperazine rings is 1. The number of nitrogens with one attached hydrogen (secondary N) is 1. The van der Waals surface area contributed by atoms with Crippen molar-refractivity contribution < 1.29 is 9.59 Å². The summed E-state index contributed by atoms with van der Waals surface area (Å²) in [5.41, 5.74) is 6.64. The smallest absolute Gasteiger partial charge is 0.256 e. The maximum atomic E-state index is 12.3. The molecule has 0 spiro atoms. The number of primary amides is 1. The highest BCUT2D eigenvalue weighted by molar-refractivity contribution is 5.97. The van der Waals surface area contributed by atoms with Crippen molar-refractivity contribution in [2.75, 3.05) is 19.6 Å². The first-order valence-corrected chi connectivity index (χ1v) is 5.83. The van der Waals surface area contributed by atoms with Gasteiger partial charge in [-0.15, -0.1) is 0 Å². The van der Waals surface area contributed by atoms with E-state index in [1.165, 1.54) is 11.1 Å². The maximum absolute atomic E-state index is 12.3. The molecule has 3 N–H and O–H groups in total. The number of hydrogen-bond acceptors (Lipinski definition) is 4. The molecule has 1 atom stereocenters. The summed E-state index contributed by atoms with van der Waals surface area (Å²) >= 11 is 0. The zero-order valence-electron chi connectivity index (χ0n) is 10.2.